The van der Waals surface area contributed by atoms with E-state index >= 15 is 0 Å². The SMILES string of the molecule is COc1ccc(NC(=O)[C@H](C)N2CCN(c3ncccn3)CC2)c([N+](=O)[O-])c1. The first-order valence-electron chi connectivity index (χ1n) is 8.89. The van der Waals surface area contributed by atoms with Crippen LogP contribution in [-0.4, -0.2) is 65.0 Å². The Morgan fingerprint density at radius 2 is 1.93 bits per heavy atom. The van der Waals surface area contributed by atoms with Gasteiger partial charge in [0, 0.05) is 38.6 Å². The predicted octanol–water partition coefficient (Wildman–Crippen LogP) is 1.54. The molecule has 10 nitrogen and oxygen atoms in total. The molecule has 0 unspecified atom stereocenters. The molecule has 1 saturated heterocycles. The van der Waals surface area contributed by atoms with Crippen LogP contribution in [0.5, 0.6) is 5.75 Å². The van der Waals surface area contributed by atoms with Gasteiger partial charge in [0.1, 0.15) is 11.4 Å². The Morgan fingerprint density at radius 1 is 1.25 bits per heavy atom. The number of nitrogens with zero attached hydrogens (tertiary/aromatic N) is 5. The first kappa shape index (κ1) is 19.5. The second-order valence-electron chi connectivity index (χ2n) is 6.38. The molecule has 2 aromatic rings. The topological polar surface area (TPSA) is 114 Å². The summed E-state index contributed by atoms with van der Waals surface area (Å²) in [6.07, 6.45) is 3.40. The van der Waals surface area contributed by atoms with Crippen molar-refractivity contribution >= 4 is 23.2 Å². The van der Waals surface area contributed by atoms with E-state index < -0.39 is 11.0 Å². The highest BCUT2D eigenvalue weighted by Gasteiger charge is 2.28. The van der Waals surface area contributed by atoms with Gasteiger partial charge in [0.05, 0.1) is 24.1 Å². The van der Waals surface area contributed by atoms with E-state index in [1.54, 1.807) is 31.5 Å². The third kappa shape index (κ3) is 4.34. The van der Waals surface area contributed by atoms with E-state index in [0.29, 0.717) is 37.9 Å². The minimum absolute atomic E-state index is 0.152. The van der Waals surface area contributed by atoms with Crippen molar-refractivity contribution in [2.45, 2.75) is 13.0 Å². The third-order valence-corrected chi connectivity index (χ3v) is 4.74. The van der Waals surface area contributed by atoms with Crippen molar-refractivity contribution in [2.24, 2.45) is 0 Å². The number of anilines is 2. The lowest BCUT2D eigenvalue weighted by Gasteiger charge is -2.37. The van der Waals surface area contributed by atoms with Gasteiger partial charge in [-0.15, -0.1) is 0 Å². The quantitative estimate of drug-likeness (QED) is 0.587. The molecule has 1 atom stereocenters. The number of piperazine rings is 1. The maximum atomic E-state index is 12.6. The smallest absolute Gasteiger partial charge is 0.296 e. The summed E-state index contributed by atoms with van der Waals surface area (Å²) in [5.41, 5.74) is -0.0510. The molecule has 0 bridgehead atoms. The van der Waals surface area contributed by atoms with E-state index in [9.17, 15) is 14.9 Å². The third-order valence-electron chi connectivity index (χ3n) is 4.74. The Bertz CT molecular complexity index is 839. The van der Waals surface area contributed by atoms with Crippen LogP contribution in [0.3, 0.4) is 0 Å². The van der Waals surface area contributed by atoms with Gasteiger partial charge in [-0.2, -0.15) is 0 Å². The molecule has 1 aliphatic heterocycles. The summed E-state index contributed by atoms with van der Waals surface area (Å²) in [6, 6.07) is 5.68. The molecule has 0 aliphatic carbocycles. The highest BCUT2D eigenvalue weighted by atomic mass is 16.6. The van der Waals surface area contributed by atoms with Gasteiger partial charge in [0.15, 0.2) is 0 Å². The summed E-state index contributed by atoms with van der Waals surface area (Å²) in [5, 5.41) is 14.0. The summed E-state index contributed by atoms with van der Waals surface area (Å²) in [5.74, 6) is 0.739. The zero-order chi connectivity index (χ0) is 20.1. The Hall–Kier alpha value is -3.27. The molecule has 148 valence electrons. The number of ether oxygens (including phenoxy) is 1. The lowest BCUT2D eigenvalue weighted by molar-refractivity contribution is -0.384. The van der Waals surface area contributed by atoms with E-state index in [2.05, 4.69) is 20.2 Å². The number of methoxy groups -OCH3 is 1. The number of hydrogen-bond donors (Lipinski definition) is 1. The second kappa shape index (κ2) is 8.61. The second-order valence-corrected chi connectivity index (χ2v) is 6.38. The number of carbonyl (C=O) groups is 1. The molecule has 0 spiro atoms. The number of amides is 1. The van der Waals surface area contributed by atoms with Gasteiger partial charge in [0.2, 0.25) is 11.9 Å². The van der Waals surface area contributed by atoms with Crippen LogP contribution in [0.4, 0.5) is 17.3 Å². The van der Waals surface area contributed by atoms with Crippen molar-refractivity contribution in [3.63, 3.8) is 0 Å². The Labute approximate surface area is 162 Å². The van der Waals surface area contributed by atoms with Crippen LogP contribution in [0.2, 0.25) is 0 Å². The number of aromatic nitrogens is 2. The highest BCUT2D eigenvalue weighted by Crippen LogP contribution is 2.29. The van der Waals surface area contributed by atoms with Crippen LogP contribution >= 0.6 is 0 Å². The van der Waals surface area contributed by atoms with Gasteiger partial charge in [-0.1, -0.05) is 0 Å². The molecule has 1 amide bonds. The predicted molar refractivity (Wildman–Crippen MR) is 104 cm³/mol. The van der Waals surface area contributed by atoms with Crippen molar-refractivity contribution in [3.05, 3.63) is 46.8 Å². The van der Waals surface area contributed by atoms with Crippen molar-refractivity contribution in [1.29, 1.82) is 0 Å². The maximum Gasteiger partial charge on any atom is 0.296 e. The van der Waals surface area contributed by atoms with E-state index in [1.165, 1.54) is 19.2 Å². The molecular weight excluding hydrogens is 364 g/mol. The fraction of sp³-hybridized carbons (Fsp3) is 0.389. The molecule has 3 rings (SSSR count). The summed E-state index contributed by atoms with van der Waals surface area (Å²) >= 11 is 0. The summed E-state index contributed by atoms with van der Waals surface area (Å²) in [7, 11) is 1.43. The standard InChI is InChI=1S/C18H22N6O4/c1-13(22-8-10-23(11-9-22)18-19-6-3-7-20-18)17(25)21-15-5-4-14(28-2)12-16(15)24(26)27/h3-7,12-13H,8-11H2,1-2H3,(H,21,25)/t13-/m0/s1. The number of nitro benzene ring substituents is 1. The first-order valence-corrected chi connectivity index (χ1v) is 8.89. The number of benzene rings is 1. The van der Waals surface area contributed by atoms with Crippen molar-refractivity contribution < 1.29 is 14.5 Å². The molecular formula is C18H22N6O4. The molecule has 10 heteroatoms. The summed E-state index contributed by atoms with van der Waals surface area (Å²) < 4.78 is 5.01. The number of nitro groups is 1. The largest absolute Gasteiger partial charge is 0.496 e. The van der Waals surface area contributed by atoms with E-state index in [0.717, 1.165) is 0 Å². The molecule has 1 aromatic carbocycles. The van der Waals surface area contributed by atoms with Crippen LogP contribution < -0.4 is 15.0 Å². The van der Waals surface area contributed by atoms with Gasteiger partial charge in [-0.25, -0.2) is 9.97 Å². The molecule has 0 saturated carbocycles. The molecule has 1 aliphatic rings. The molecule has 1 N–H and O–H groups in total. The van der Waals surface area contributed by atoms with Crippen LogP contribution in [0, 0.1) is 10.1 Å². The normalized spacial score (nSPS) is 15.7. The maximum absolute atomic E-state index is 12.6. The van der Waals surface area contributed by atoms with E-state index in [1.807, 2.05) is 4.90 Å². The fourth-order valence-electron chi connectivity index (χ4n) is 3.06. The first-order chi connectivity index (χ1) is 13.5. The number of carbonyl (C=O) groups excluding carboxylic acids is 1. The average molecular weight is 386 g/mol. The van der Waals surface area contributed by atoms with Crippen LogP contribution in [0.15, 0.2) is 36.7 Å². The Balaban J connectivity index is 1.62. The van der Waals surface area contributed by atoms with Crippen LogP contribution in [0.1, 0.15) is 6.92 Å². The zero-order valence-electron chi connectivity index (χ0n) is 15.7. The van der Waals surface area contributed by atoms with Gasteiger partial charge >= 0.3 is 0 Å². The van der Waals surface area contributed by atoms with Crippen molar-refractivity contribution in [1.82, 2.24) is 14.9 Å². The van der Waals surface area contributed by atoms with Crippen LogP contribution in [0.25, 0.3) is 0 Å². The zero-order valence-corrected chi connectivity index (χ0v) is 15.7. The number of nitrogens with one attached hydrogen (secondary N) is 1. The van der Waals surface area contributed by atoms with Gasteiger partial charge < -0.3 is 15.0 Å². The highest BCUT2D eigenvalue weighted by molar-refractivity contribution is 5.96. The van der Waals surface area contributed by atoms with Gasteiger partial charge in [-0.05, 0) is 25.1 Å². The van der Waals surface area contributed by atoms with Gasteiger partial charge in [-0.3, -0.25) is 19.8 Å². The monoisotopic (exact) mass is 386 g/mol. The van der Waals surface area contributed by atoms with E-state index in [4.69, 9.17) is 4.74 Å². The molecule has 1 aromatic heterocycles. The lowest BCUT2D eigenvalue weighted by Crippen LogP contribution is -2.53. The minimum Gasteiger partial charge on any atom is -0.496 e. The van der Waals surface area contributed by atoms with Crippen molar-refractivity contribution in [2.75, 3.05) is 43.5 Å². The molecule has 2 heterocycles. The number of hydrogen-bond acceptors (Lipinski definition) is 8. The summed E-state index contributed by atoms with van der Waals surface area (Å²) in [4.78, 5) is 36.0. The summed E-state index contributed by atoms with van der Waals surface area (Å²) in [6.45, 7) is 4.52. The molecule has 1 fully saturated rings. The van der Waals surface area contributed by atoms with E-state index in [-0.39, 0.29) is 17.3 Å². The van der Waals surface area contributed by atoms with Crippen molar-refractivity contribution in [3.8, 4) is 5.75 Å². The minimum atomic E-state index is -0.540. The number of rotatable bonds is 6. The average Bonchev–Trinajstić information content (AvgIpc) is 2.74. The Morgan fingerprint density at radius 3 is 2.54 bits per heavy atom. The van der Waals surface area contributed by atoms with Gasteiger partial charge in [0.25, 0.3) is 5.69 Å². The lowest BCUT2D eigenvalue weighted by atomic mass is 10.2. The fourth-order valence-corrected chi connectivity index (χ4v) is 3.06. The molecule has 28 heavy (non-hydrogen) atoms. The Kier molecular flexibility index (Phi) is 5.99. The molecule has 0 radical (unpaired) electrons. The van der Waals surface area contributed by atoms with Crippen LogP contribution in [-0.2, 0) is 4.79 Å².